The molecule has 2 aromatic carbocycles. The van der Waals surface area contributed by atoms with E-state index >= 15 is 0 Å². The number of fused-ring (bicyclic) bond motifs is 1. The van der Waals surface area contributed by atoms with E-state index in [0.29, 0.717) is 25.6 Å². The molecule has 0 aromatic heterocycles. The van der Waals surface area contributed by atoms with Crippen molar-refractivity contribution >= 4 is 17.7 Å². The first-order valence-corrected chi connectivity index (χ1v) is 12.3. The molecular formula is C28H39N3O3. The third-order valence-electron chi connectivity index (χ3n) is 5.89. The lowest BCUT2D eigenvalue weighted by molar-refractivity contribution is -0.130. The van der Waals surface area contributed by atoms with Gasteiger partial charge in [0.1, 0.15) is 5.60 Å². The van der Waals surface area contributed by atoms with E-state index in [9.17, 15) is 9.59 Å². The fraction of sp³-hybridized carbons (Fsp3) is 0.500. The van der Waals surface area contributed by atoms with Crippen molar-refractivity contribution in [3.05, 3.63) is 65.2 Å². The second-order valence-electron chi connectivity index (χ2n) is 10.4. The van der Waals surface area contributed by atoms with Crippen LogP contribution < -0.4 is 5.32 Å². The SMILES string of the molecule is CC(C)CCN(Cc1ccccc1)C(=O)CNc1cccc2c1CCN(C(=O)OC(C)(C)C)C2. The maximum absolute atomic E-state index is 13.2. The lowest BCUT2D eigenvalue weighted by atomic mass is 9.98. The Balaban J connectivity index is 1.64. The van der Waals surface area contributed by atoms with Crippen LogP contribution in [0.15, 0.2) is 48.5 Å². The average Bonchev–Trinajstić information content (AvgIpc) is 2.79. The van der Waals surface area contributed by atoms with Gasteiger partial charge in [-0.15, -0.1) is 0 Å². The van der Waals surface area contributed by atoms with Gasteiger partial charge in [0.2, 0.25) is 5.91 Å². The van der Waals surface area contributed by atoms with E-state index in [4.69, 9.17) is 4.74 Å². The highest BCUT2D eigenvalue weighted by Crippen LogP contribution is 2.27. The summed E-state index contributed by atoms with van der Waals surface area (Å²) in [5.74, 6) is 0.626. The van der Waals surface area contributed by atoms with Gasteiger partial charge >= 0.3 is 6.09 Å². The van der Waals surface area contributed by atoms with Crippen LogP contribution in [-0.2, 0) is 29.0 Å². The van der Waals surface area contributed by atoms with Crippen LogP contribution in [0.4, 0.5) is 10.5 Å². The van der Waals surface area contributed by atoms with Crippen molar-refractivity contribution in [3.8, 4) is 0 Å². The summed E-state index contributed by atoms with van der Waals surface area (Å²) in [7, 11) is 0. The molecule has 0 unspecified atom stereocenters. The number of carbonyl (C=O) groups excluding carboxylic acids is 2. The van der Waals surface area contributed by atoms with Gasteiger partial charge in [-0.25, -0.2) is 4.79 Å². The van der Waals surface area contributed by atoms with Crippen molar-refractivity contribution in [3.63, 3.8) is 0 Å². The molecule has 0 radical (unpaired) electrons. The molecule has 0 saturated carbocycles. The molecule has 184 valence electrons. The van der Waals surface area contributed by atoms with Gasteiger partial charge in [0, 0.05) is 31.9 Å². The number of hydrogen-bond donors (Lipinski definition) is 1. The Bertz CT molecular complexity index is 967. The molecule has 0 spiro atoms. The number of nitrogens with one attached hydrogen (secondary N) is 1. The minimum atomic E-state index is -0.512. The van der Waals surface area contributed by atoms with Crippen LogP contribution >= 0.6 is 0 Å². The van der Waals surface area contributed by atoms with E-state index in [1.807, 2.05) is 62.1 Å². The fourth-order valence-electron chi connectivity index (χ4n) is 4.05. The van der Waals surface area contributed by atoms with Gasteiger partial charge in [0.05, 0.1) is 6.54 Å². The van der Waals surface area contributed by atoms with Crippen LogP contribution in [-0.4, -0.2) is 47.0 Å². The summed E-state index contributed by atoms with van der Waals surface area (Å²) in [5.41, 5.74) is 3.86. The highest BCUT2D eigenvalue weighted by Gasteiger charge is 2.27. The van der Waals surface area contributed by atoms with Gasteiger partial charge in [-0.05, 0) is 62.3 Å². The van der Waals surface area contributed by atoms with Crippen LogP contribution in [0.1, 0.15) is 57.7 Å². The highest BCUT2D eigenvalue weighted by atomic mass is 16.6. The van der Waals surface area contributed by atoms with Crippen LogP contribution in [0, 0.1) is 5.92 Å². The van der Waals surface area contributed by atoms with Crippen molar-refractivity contribution in [2.24, 2.45) is 5.92 Å². The van der Waals surface area contributed by atoms with Gasteiger partial charge in [-0.3, -0.25) is 4.79 Å². The van der Waals surface area contributed by atoms with Crippen molar-refractivity contribution in [2.45, 2.75) is 66.2 Å². The standard InChI is InChI=1S/C28H39N3O3/c1-21(2)14-16-30(19-22-10-7-6-8-11-22)26(32)18-29-25-13-9-12-23-20-31(17-15-24(23)25)27(33)34-28(3,4)5/h6-13,21,29H,14-20H2,1-5H3. The number of hydrogen-bond acceptors (Lipinski definition) is 4. The second-order valence-corrected chi connectivity index (χ2v) is 10.4. The lowest BCUT2D eigenvalue weighted by Gasteiger charge is -2.32. The summed E-state index contributed by atoms with van der Waals surface area (Å²) in [6.45, 7) is 12.7. The monoisotopic (exact) mass is 465 g/mol. The van der Waals surface area contributed by atoms with Gasteiger partial charge in [-0.2, -0.15) is 0 Å². The summed E-state index contributed by atoms with van der Waals surface area (Å²) < 4.78 is 5.54. The molecular weight excluding hydrogens is 426 g/mol. The molecule has 2 amide bonds. The van der Waals surface area contributed by atoms with Crippen molar-refractivity contribution in [1.82, 2.24) is 9.80 Å². The molecule has 2 aromatic rings. The van der Waals surface area contributed by atoms with E-state index in [2.05, 4.69) is 31.3 Å². The lowest BCUT2D eigenvalue weighted by Crippen LogP contribution is -2.40. The first-order valence-electron chi connectivity index (χ1n) is 12.3. The van der Waals surface area contributed by atoms with E-state index < -0.39 is 5.60 Å². The largest absolute Gasteiger partial charge is 0.444 e. The Kier molecular flexibility index (Phi) is 8.59. The second kappa shape index (κ2) is 11.4. The highest BCUT2D eigenvalue weighted by molar-refractivity contribution is 5.81. The normalized spacial score (nSPS) is 13.4. The molecule has 1 aliphatic heterocycles. The number of rotatable bonds is 8. The summed E-state index contributed by atoms with van der Waals surface area (Å²) >= 11 is 0. The molecule has 1 heterocycles. The van der Waals surface area contributed by atoms with Gasteiger partial charge < -0.3 is 19.9 Å². The van der Waals surface area contributed by atoms with E-state index in [1.54, 1.807) is 4.90 Å². The minimum Gasteiger partial charge on any atom is -0.444 e. The molecule has 34 heavy (non-hydrogen) atoms. The average molecular weight is 466 g/mol. The van der Waals surface area contributed by atoms with Crippen LogP contribution in [0.3, 0.4) is 0 Å². The molecule has 1 aliphatic rings. The third kappa shape index (κ3) is 7.51. The van der Waals surface area contributed by atoms with Crippen molar-refractivity contribution < 1.29 is 14.3 Å². The Morgan fingerprint density at radius 2 is 1.82 bits per heavy atom. The van der Waals surface area contributed by atoms with Gasteiger partial charge in [0.15, 0.2) is 0 Å². The maximum Gasteiger partial charge on any atom is 0.410 e. The van der Waals surface area contributed by atoms with E-state index in [0.717, 1.165) is 36.2 Å². The summed E-state index contributed by atoms with van der Waals surface area (Å²) in [5, 5.41) is 3.38. The molecule has 1 N–H and O–H groups in total. The minimum absolute atomic E-state index is 0.0910. The molecule has 0 fully saturated rings. The number of benzene rings is 2. The number of ether oxygens (including phenoxy) is 1. The van der Waals surface area contributed by atoms with Gasteiger partial charge in [0.25, 0.3) is 0 Å². The summed E-state index contributed by atoms with van der Waals surface area (Å²) in [4.78, 5) is 29.4. The summed E-state index contributed by atoms with van der Waals surface area (Å²) in [6, 6.07) is 16.2. The smallest absolute Gasteiger partial charge is 0.410 e. The zero-order chi connectivity index (χ0) is 24.7. The Hall–Kier alpha value is -3.02. The zero-order valence-electron chi connectivity index (χ0n) is 21.3. The Morgan fingerprint density at radius 1 is 1.09 bits per heavy atom. The Labute approximate surface area is 204 Å². The van der Waals surface area contributed by atoms with E-state index in [-0.39, 0.29) is 18.5 Å². The zero-order valence-corrected chi connectivity index (χ0v) is 21.3. The molecule has 6 nitrogen and oxygen atoms in total. The maximum atomic E-state index is 13.2. The molecule has 0 atom stereocenters. The molecule has 0 saturated heterocycles. The first-order chi connectivity index (χ1) is 16.1. The van der Waals surface area contributed by atoms with E-state index in [1.165, 1.54) is 5.56 Å². The summed E-state index contributed by atoms with van der Waals surface area (Å²) in [6.07, 6.45) is 1.42. The third-order valence-corrected chi connectivity index (χ3v) is 5.89. The van der Waals surface area contributed by atoms with Crippen molar-refractivity contribution in [2.75, 3.05) is 25.0 Å². The molecule has 3 rings (SSSR count). The number of carbonyl (C=O) groups is 2. The number of anilines is 1. The number of nitrogens with zero attached hydrogens (tertiary/aromatic N) is 2. The predicted molar refractivity (Wildman–Crippen MR) is 137 cm³/mol. The predicted octanol–water partition coefficient (Wildman–Crippen LogP) is 5.47. The quantitative estimate of drug-likeness (QED) is 0.562. The van der Waals surface area contributed by atoms with Crippen molar-refractivity contribution in [1.29, 1.82) is 0 Å². The fourth-order valence-corrected chi connectivity index (χ4v) is 4.05. The topological polar surface area (TPSA) is 61.9 Å². The number of amides is 2. The molecule has 0 aliphatic carbocycles. The van der Waals surface area contributed by atoms with Gasteiger partial charge in [-0.1, -0.05) is 56.3 Å². The van der Waals surface area contributed by atoms with Crippen LogP contribution in [0.2, 0.25) is 0 Å². The van der Waals surface area contributed by atoms with Crippen LogP contribution in [0.5, 0.6) is 0 Å². The van der Waals surface area contributed by atoms with Crippen LogP contribution in [0.25, 0.3) is 0 Å². The molecule has 6 heteroatoms. The molecule has 0 bridgehead atoms. The first kappa shape index (κ1) is 25.6. The Morgan fingerprint density at radius 3 is 2.50 bits per heavy atom.